The van der Waals surface area contributed by atoms with Gasteiger partial charge in [0.05, 0.1) is 5.69 Å². The highest BCUT2D eigenvalue weighted by Crippen LogP contribution is 2.16. The molecule has 0 aromatic carbocycles. The third kappa shape index (κ3) is 3.91. The molecule has 0 bridgehead atoms. The summed E-state index contributed by atoms with van der Waals surface area (Å²) in [6, 6.07) is 1.49. The Bertz CT molecular complexity index is 541. The second-order valence-electron chi connectivity index (χ2n) is 5.38. The summed E-state index contributed by atoms with van der Waals surface area (Å²) in [6.07, 6.45) is 5.24. The van der Waals surface area contributed by atoms with Crippen molar-refractivity contribution in [2.45, 2.75) is 24.7 Å². The molecule has 0 aliphatic carbocycles. The van der Waals surface area contributed by atoms with Crippen LogP contribution in [0.5, 0.6) is 0 Å². The first-order valence-electron chi connectivity index (χ1n) is 6.90. The summed E-state index contributed by atoms with van der Waals surface area (Å²) in [5, 5.41) is 0. The molecule has 2 rings (SSSR count). The third-order valence-electron chi connectivity index (χ3n) is 3.50. The van der Waals surface area contributed by atoms with E-state index in [1.54, 1.807) is 0 Å². The fraction of sp³-hybridized carbons (Fsp3) is 0.615. The molecule has 0 spiro atoms. The minimum atomic E-state index is -3.58. The Labute approximate surface area is 120 Å². The lowest BCUT2D eigenvalue weighted by atomic mass is 10.2. The highest BCUT2D eigenvalue weighted by Gasteiger charge is 2.20. The molecule has 1 saturated heterocycles. The van der Waals surface area contributed by atoms with E-state index in [0.717, 1.165) is 19.6 Å². The number of anilines is 1. The SMILES string of the molecule is CC(CNS(=O)(=O)c1cnccc1N)CN1CCCC1. The molecule has 7 heteroatoms. The summed E-state index contributed by atoms with van der Waals surface area (Å²) in [5.41, 5.74) is 5.90. The van der Waals surface area contributed by atoms with E-state index in [1.807, 2.05) is 6.92 Å². The van der Waals surface area contributed by atoms with Crippen LogP contribution in [0.15, 0.2) is 23.4 Å². The van der Waals surface area contributed by atoms with Crippen molar-refractivity contribution in [2.24, 2.45) is 5.92 Å². The number of sulfonamides is 1. The van der Waals surface area contributed by atoms with Crippen molar-refractivity contribution >= 4 is 15.7 Å². The van der Waals surface area contributed by atoms with E-state index in [0.29, 0.717) is 6.54 Å². The Balaban J connectivity index is 1.90. The van der Waals surface area contributed by atoms with Crippen LogP contribution in [0.1, 0.15) is 19.8 Å². The van der Waals surface area contributed by atoms with Crippen LogP contribution < -0.4 is 10.5 Å². The smallest absolute Gasteiger partial charge is 0.244 e. The number of pyridine rings is 1. The zero-order valence-corrected chi connectivity index (χ0v) is 12.6. The molecular formula is C13H22N4O2S. The van der Waals surface area contributed by atoms with E-state index in [-0.39, 0.29) is 16.5 Å². The molecule has 1 aromatic rings. The Morgan fingerprint density at radius 3 is 2.80 bits per heavy atom. The molecular weight excluding hydrogens is 276 g/mol. The summed E-state index contributed by atoms with van der Waals surface area (Å²) in [6.45, 7) is 5.62. The van der Waals surface area contributed by atoms with E-state index in [9.17, 15) is 8.42 Å². The first kappa shape index (κ1) is 15.2. The number of nitrogens with one attached hydrogen (secondary N) is 1. The Morgan fingerprint density at radius 1 is 1.45 bits per heavy atom. The van der Waals surface area contributed by atoms with E-state index in [2.05, 4.69) is 14.6 Å². The van der Waals surface area contributed by atoms with Gasteiger partial charge >= 0.3 is 0 Å². The predicted octanol–water partition coefficient (Wildman–Crippen LogP) is 0.674. The fourth-order valence-electron chi connectivity index (χ4n) is 2.42. The zero-order chi connectivity index (χ0) is 14.6. The maximum absolute atomic E-state index is 12.1. The maximum atomic E-state index is 12.1. The number of nitrogen functional groups attached to an aromatic ring is 1. The molecule has 20 heavy (non-hydrogen) atoms. The van der Waals surface area contributed by atoms with Crippen LogP contribution in [0.25, 0.3) is 0 Å². The monoisotopic (exact) mass is 298 g/mol. The van der Waals surface area contributed by atoms with Crippen molar-refractivity contribution < 1.29 is 8.42 Å². The summed E-state index contributed by atoms with van der Waals surface area (Å²) >= 11 is 0. The minimum absolute atomic E-state index is 0.0494. The van der Waals surface area contributed by atoms with Crippen molar-refractivity contribution in [1.82, 2.24) is 14.6 Å². The molecule has 112 valence electrons. The molecule has 1 unspecified atom stereocenters. The maximum Gasteiger partial charge on any atom is 0.244 e. The molecule has 1 fully saturated rings. The number of aromatic nitrogens is 1. The van der Waals surface area contributed by atoms with Crippen LogP contribution in [0, 0.1) is 5.92 Å². The summed E-state index contributed by atoms with van der Waals surface area (Å²) in [5.74, 6) is 0.265. The number of hydrogen-bond acceptors (Lipinski definition) is 5. The number of rotatable bonds is 6. The second kappa shape index (κ2) is 6.51. The normalized spacial score (nSPS) is 18.2. The van der Waals surface area contributed by atoms with Gasteiger partial charge in [-0.25, -0.2) is 13.1 Å². The van der Waals surface area contributed by atoms with E-state index in [4.69, 9.17) is 5.73 Å². The highest BCUT2D eigenvalue weighted by atomic mass is 32.2. The summed E-state index contributed by atoms with van der Waals surface area (Å²) in [7, 11) is -3.58. The number of likely N-dealkylation sites (tertiary alicyclic amines) is 1. The van der Waals surface area contributed by atoms with Gasteiger partial charge in [-0.05, 0) is 37.9 Å². The average Bonchev–Trinajstić information content (AvgIpc) is 2.90. The molecule has 1 aliphatic heterocycles. The number of hydrogen-bond donors (Lipinski definition) is 2. The summed E-state index contributed by atoms with van der Waals surface area (Å²) < 4.78 is 26.9. The van der Waals surface area contributed by atoms with E-state index >= 15 is 0 Å². The van der Waals surface area contributed by atoms with Crippen LogP contribution in [0.4, 0.5) is 5.69 Å². The first-order valence-corrected chi connectivity index (χ1v) is 8.39. The van der Waals surface area contributed by atoms with E-state index < -0.39 is 10.0 Å². The van der Waals surface area contributed by atoms with Crippen LogP contribution in [0.2, 0.25) is 0 Å². The summed E-state index contributed by atoms with van der Waals surface area (Å²) in [4.78, 5) is 6.24. The quantitative estimate of drug-likeness (QED) is 0.806. The van der Waals surface area contributed by atoms with Crippen molar-refractivity contribution in [3.8, 4) is 0 Å². The third-order valence-corrected chi connectivity index (χ3v) is 4.96. The molecule has 0 amide bonds. The van der Waals surface area contributed by atoms with Crippen LogP contribution in [0.3, 0.4) is 0 Å². The van der Waals surface area contributed by atoms with Gasteiger partial charge < -0.3 is 10.6 Å². The van der Waals surface area contributed by atoms with Crippen molar-refractivity contribution in [3.05, 3.63) is 18.5 Å². The van der Waals surface area contributed by atoms with Gasteiger partial charge in [0.25, 0.3) is 0 Å². The highest BCUT2D eigenvalue weighted by molar-refractivity contribution is 7.89. The van der Waals surface area contributed by atoms with Gasteiger partial charge in [0.1, 0.15) is 4.90 Å². The molecule has 0 radical (unpaired) electrons. The lowest BCUT2D eigenvalue weighted by Crippen LogP contribution is -2.34. The molecule has 2 heterocycles. The Kier molecular flexibility index (Phi) is 4.95. The van der Waals surface area contributed by atoms with Crippen LogP contribution >= 0.6 is 0 Å². The lowest BCUT2D eigenvalue weighted by Gasteiger charge is -2.20. The first-order chi connectivity index (χ1) is 9.49. The van der Waals surface area contributed by atoms with Gasteiger partial charge in [0.2, 0.25) is 10.0 Å². The van der Waals surface area contributed by atoms with Crippen molar-refractivity contribution in [2.75, 3.05) is 31.9 Å². The van der Waals surface area contributed by atoms with Gasteiger partial charge in [0.15, 0.2) is 0 Å². The molecule has 6 nitrogen and oxygen atoms in total. The average molecular weight is 298 g/mol. The van der Waals surface area contributed by atoms with Gasteiger partial charge in [-0.3, -0.25) is 4.98 Å². The predicted molar refractivity (Wildman–Crippen MR) is 78.7 cm³/mol. The van der Waals surface area contributed by atoms with Gasteiger partial charge in [-0.1, -0.05) is 6.92 Å². The molecule has 0 saturated carbocycles. The molecule has 1 aromatic heterocycles. The Morgan fingerprint density at radius 2 is 2.15 bits per heavy atom. The fourth-order valence-corrected chi connectivity index (χ4v) is 3.65. The molecule has 1 aliphatic rings. The zero-order valence-electron chi connectivity index (χ0n) is 11.7. The molecule has 1 atom stereocenters. The van der Waals surface area contributed by atoms with Crippen molar-refractivity contribution in [3.63, 3.8) is 0 Å². The topological polar surface area (TPSA) is 88.3 Å². The number of nitrogens with zero attached hydrogens (tertiary/aromatic N) is 2. The largest absolute Gasteiger partial charge is 0.398 e. The van der Waals surface area contributed by atoms with Gasteiger partial charge in [0, 0.05) is 25.5 Å². The van der Waals surface area contributed by atoms with E-state index in [1.165, 1.54) is 31.3 Å². The second-order valence-corrected chi connectivity index (χ2v) is 7.11. The van der Waals surface area contributed by atoms with Gasteiger partial charge in [-0.2, -0.15) is 0 Å². The van der Waals surface area contributed by atoms with Crippen molar-refractivity contribution in [1.29, 1.82) is 0 Å². The minimum Gasteiger partial charge on any atom is -0.398 e. The Hall–Kier alpha value is -1.18. The standard InChI is InChI=1S/C13H22N4O2S/c1-11(10-17-6-2-3-7-17)8-16-20(18,19)13-9-15-5-4-12(13)14/h4-5,9,11,16H,2-3,6-8,10H2,1H3,(H2,14,15). The van der Waals surface area contributed by atoms with Gasteiger partial charge in [-0.15, -0.1) is 0 Å². The lowest BCUT2D eigenvalue weighted by molar-refractivity contribution is 0.288. The molecule has 3 N–H and O–H groups in total. The van der Waals surface area contributed by atoms with Crippen LogP contribution in [-0.4, -0.2) is 44.5 Å². The van der Waals surface area contributed by atoms with Crippen LogP contribution in [-0.2, 0) is 10.0 Å². The number of nitrogens with two attached hydrogens (primary N) is 1.